The van der Waals surface area contributed by atoms with Gasteiger partial charge in [-0.3, -0.25) is 5.43 Å². The second-order valence-corrected chi connectivity index (χ2v) is 5.35. The SMILES string of the molecule is COC[C@H](C)NC(=S)N/N=C(/C)c1ccc(C)c(C)c1. The van der Waals surface area contributed by atoms with Gasteiger partial charge in [-0.05, 0) is 62.7 Å². The molecule has 0 bridgehead atoms. The minimum atomic E-state index is 0.150. The van der Waals surface area contributed by atoms with Crippen LogP contribution in [0.4, 0.5) is 0 Å². The highest BCUT2D eigenvalue weighted by Gasteiger charge is 2.03. The van der Waals surface area contributed by atoms with Gasteiger partial charge >= 0.3 is 0 Å². The Hall–Kier alpha value is -1.46. The molecule has 0 unspecified atom stereocenters. The van der Waals surface area contributed by atoms with Crippen molar-refractivity contribution in [2.24, 2.45) is 5.10 Å². The van der Waals surface area contributed by atoms with E-state index in [1.807, 2.05) is 13.8 Å². The summed E-state index contributed by atoms with van der Waals surface area (Å²) in [6, 6.07) is 6.44. The van der Waals surface area contributed by atoms with Crippen LogP contribution >= 0.6 is 12.2 Å². The average molecular weight is 293 g/mol. The predicted octanol–water partition coefficient (Wildman–Crippen LogP) is 2.53. The van der Waals surface area contributed by atoms with Crippen LogP contribution in [-0.4, -0.2) is 30.6 Å². The van der Waals surface area contributed by atoms with Crippen LogP contribution in [0.3, 0.4) is 0 Å². The highest BCUT2D eigenvalue weighted by Crippen LogP contribution is 2.10. The summed E-state index contributed by atoms with van der Waals surface area (Å²) in [7, 11) is 1.66. The van der Waals surface area contributed by atoms with Gasteiger partial charge in [0.2, 0.25) is 0 Å². The van der Waals surface area contributed by atoms with Crippen molar-refractivity contribution in [3.63, 3.8) is 0 Å². The van der Waals surface area contributed by atoms with E-state index in [-0.39, 0.29) is 6.04 Å². The Morgan fingerprint density at radius 3 is 2.65 bits per heavy atom. The van der Waals surface area contributed by atoms with E-state index in [2.05, 4.69) is 47.9 Å². The van der Waals surface area contributed by atoms with E-state index in [1.165, 1.54) is 11.1 Å². The van der Waals surface area contributed by atoms with Crippen LogP contribution in [-0.2, 0) is 4.74 Å². The minimum Gasteiger partial charge on any atom is -0.383 e. The van der Waals surface area contributed by atoms with E-state index in [0.29, 0.717) is 11.7 Å². The largest absolute Gasteiger partial charge is 0.383 e. The van der Waals surface area contributed by atoms with Crippen molar-refractivity contribution in [2.45, 2.75) is 33.7 Å². The second-order valence-electron chi connectivity index (χ2n) is 4.94. The lowest BCUT2D eigenvalue weighted by atomic mass is 10.0. The summed E-state index contributed by atoms with van der Waals surface area (Å²) in [5.41, 5.74) is 7.38. The van der Waals surface area contributed by atoms with Crippen molar-refractivity contribution in [1.29, 1.82) is 0 Å². The normalized spacial score (nSPS) is 12.9. The van der Waals surface area contributed by atoms with Gasteiger partial charge < -0.3 is 10.1 Å². The first-order chi connectivity index (χ1) is 9.43. The Morgan fingerprint density at radius 1 is 1.35 bits per heavy atom. The van der Waals surface area contributed by atoms with Crippen LogP contribution in [0.2, 0.25) is 0 Å². The molecule has 0 fully saturated rings. The Morgan fingerprint density at radius 2 is 2.05 bits per heavy atom. The summed E-state index contributed by atoms with van der Waals surface area (Å²) in [5.74, 6) is 0. The number of hydrogen-bond acceptors (Lipinski definition) is 3. The van der Waals surface area contributed by atoms with Gasteiger partial charge in [0.1, 0.15) is 0 Å². The number of hydrogen-bond donors (Lipinski definition) is 2. The third-order valence-electron chi connectivity index (χ3n) is 3.04. The molecule has 0 aliphatic heterocycles. The highest BCUT2D eigenvalue weighted by atomic mass is 32.1. The van der Waals surface area contributed by atoms with Crippen LogP contribution in [0.1, 0.15) is 30.5 Å². The second kappa shape index (κ2) is 7.97. The molecule has 1 aromatic carbocycles. The van der Waals surface area contributed by atoms with Crippen LogP contribution in [0, 0.1) is 13.8 Å². The molecule has 0 radical (unpaired) electrons. The monoisotopic (exact) mass is 293 g/mol. The van der Waals surface area contributed by atoms with Crippen molar-refractivity contribution in [2.75, 3.05) is 13.7 Å². The van der Waals surface area contributed by atoms with Gasteiger partial charge in [0.15, 0.2) is 5.11 Å². The Balaban J connectivity index is 2.60. The van der Waals surface area contributed by atoms with E-state index < -0.39 is 0 Å². The Kier molecular flexibility index (Phi) is 6.61. The summed E-state index contributed by atoms with van der Waals surface area (Å²) < 4.78 is 5.04. The molecule has 0 spiro atoms. The van der Waals surface area contributed by atoms with Gasteiger partial charge in [-0.1, -0.05) is 12.1 Å². The van der Waals surface area contributed by atoms with Crippen molar-refractivity contribution < 1.29 is 4.74 Å². The molecular formula is C15H23N3OS. The molecule has 2 N–H and O–H groups in total. The molecule has 0 heterocycles. The van der Waals surface area contributed by atoms with E-state index in [0.717, 1.165) is 11.3 Å². The number of nitrogens with one attached hydrogen (secondary N) is 2. The Labute approximate surface area is 126 Å². The molecule has 1 rings (SSSR count). The molecule has 4 nitrogen and oxygen atoms in total. The quantitative estimate of drug-likeness (QED) is 0.497. The lowest BCUT2D eigenvalue weighted by Crippen LogP contribution is -2.40. The molecule has 1 aromatic rings. The van der Waals surface area contributed by atoms with Gasteiger partial charge in [0.25, 0.3) is 0 Å². The first-order valence-electron chi connectivity index (χ1n) is 6.61. The fourth-order valence-electron chi connectivity index (χ4n) is 1.71. The third-order valence-corrected chi connectivity index (χ3v) is 3.25. The number of nitrogens with zero attached hydrogens (tertiary/aromatic N) is 1. The van der Waals surface area contributed by atoms with Crippen LogP contribution in [0.15, 0.2) is 23.3 Å². The number of methoxy groups -OCH3 is 1. The number of thiocarbonyl (C=S) groups is 1. The zero-order valence-corrected chi connectivity index (χ0v) is 13.6. The summed E-state index contributed by atoms with van der Waals surface area (Å²) in [6.45, 7) is 8.75. The average Bonchev–Trinajstić information content (AvgIpc) is 2.39. The molecule has 20 heavy (non-hydrogen) atoms. The molecule has 0 aliphatic rings. The summed E-state index contributed by atoms with van der Waals surface area (Å²) in [5, 5.41) is 7.89. The van der Waals surface area contributed by atoms with Crippen LogP contribution in [0.5, 0.6) is 0 Å². The van der Waals surface area contributed by atoms with Crippen molar-refractivity contribution in [3.05, 3.63) is 34.9 Å². The zero-order valence-electron chi connectivity index (χ0n) is 12.8. The number of ether oxygens (including phenoxy) is 1. The molecule has 0 aromatic heterocycles. The predicted molar refractivity (Wildman–Crippen MR) is 88.3 cm³/mol. The number of benzene rings is 1. The summed E-state index contributed by atoms with van der Waals surface area (Å²) in [6.07, 6.45) is 0. The van der Waals surface area contributed by atoms with Crippen LogP contribution < -0.4 is 10.7 Å². The van der Waals surface area contributed by atoms with Gasteiger partial charge in [0.05, 0.1) is 12.3 Å². The van der Waals surface area contributed by atoms with E-state index in [1.54, 1.807) is 7.11 Å². The number of aryl methyl sites for hydroxylation is 2. The van der Waals surface area contributed by atoms with Crippen molar-refractivity contribution >= 4 is 23.0 Å². The molecular weight excluding hydrogens is 270 g/mol. The van der Waals surface area contributed by atoms with Gasteiger partial charge in [-0.2, -0.15) is 5.10 Å². The molecule has 110 valence electrons. The van der Waals surface area contributed by atoms with Gasteiger partial charge in [-0.25, -0.2) is 0 Å². The summed E-state index contributed by atoms with van der Waals surface area (Å²) in [4.78, 5) is 0. The van der Waals surface area contributed by atoms with Gasteiger partial charge in [0, 0.05) is 13.2 Å². The molecule has 0 saturated heterocycles. The summed E-state index contributed by atoms with van der Waals surface area (Å²) >= 11 is 5.17. The van der Waals surface area contributed by atoms with Crippen molar-refractivity contribution in [1.82, 2.24) is 10.7 Å². The topological polar surface area (TPSA) is 45.6 Å². The van der Waals surface area contributed by atoms with E-state index in [4.69, 9.17) is 17.0 Å². The minimum absolute atomic E-state index is 0.150. The highest BCUT2D eigenvalue weighted by molar-refractivity contribution is 7.80. The lowest BCUT2D eigenvalue weighted by Gasteiger charge is -2.14. The van der Waals surface area contributed by atoms with Crippen molar-refractivity contribution in [3.8, 4) is 0 Å². The lowest BCUT2D eigenvalue weighted by molar-refractivity contribution is 0.179. The fourth-order valence-corrected chi connectivity index (χ4v) is 1.96. The van der Waals surface area contributed by atoms with Gasteiger partial charge in [-0.15, -0.1) is 0 Å². The molecule has 0 amide bonds. The van der Waals surface area contributed by atoms with E-state index in [9.17, 15) is 0 Å². The Bertz CT molecular complexity index is 500. The number of hydrazone groups is 1. The van der Waals surface area contributed by atoms with Crippen LogP contribution in [0.25, 0.3) is 0 Å². The molecule has 0 aliphatic carbocycles. The first-order valence-corrected chi connectivity index (χ1v) is 7.02. The third kappa shape index (κ3) is 5.27. The maximum Gasteiger partial charge on any atom is 0.187 e. The maximum atomic E-state index is 5.17. The molecule has 5 heteroatoms. The first kappa shape index (κ1) is 16.6. The molecule has 0 saturated carbocycles. The maximum absolute atomic E-state index is 5.17. The molecule has 1 atom stereocenters. The smallest absolute Gasteiger partial charge is 0.187 e. The van der Waals surface area contributed by atoms with E-state index >= 15 is 0 Å². The fraction of sp³-hybridized carbons (Fsp3) is 0.467. The zero-order chi connectivity index (χ0) is 15.1. The number of rotatable bonds is 5. The standard InChI is InChI=1S/C15H23N3OS/c1-10-6-7-14(8-11(10)2)13(4)17-18-15(20)16-12(3)9-19-5/h6-8,12H,9H2,1-5H3,(H2,16,18,20)/b17-13-/t12-/m0/s1.